The zero-order valence-electron chi connectivity index (χ0n) is 15.7. The number of halogens is 1. The van der Waals surface area contributed by atoms with Crippen molar-refractivity contribution in [3.63, 3.8) is 0 Å². The number of hydrogen-bond acceptors (Lipinski definition) is 3. The molecule has 27 heavy (non-hydrogen) atoms. The van der Waals surface area contributed by atoms with E-state index in [1.54, 1.807) is 37.3 Å². The van der Waals surface area contributed by atoms with Crippen LogP contribution in [-0.4, -0.2) is 20.8 Å². The minimum atomic E-state index is -0.425. The summed E-state index contributed by atoms with van der Waals surface area (Å²) in [6.07, 6.45) is 1.39. The Morgan fingerprint density at radius 2 is 1.89 bits per heavy atom. The molecule has 5 nitrogen and oxygen atoms in total. The van der Waals surface area contributed by atoms with Crippen LogP contribution in [0.4, 0.5) is 10.1 Å². The molecule has 0 bridgehead atoms. The van der Waals surface area contributed by atoms with Gasteiger partial charge in [-0.15, -0.1) is 0 Å². The van der Waals surface area contributed by atoms with Gasteiger partial charge in [0, 0.05) is 0 Å². The van der Waals surface area contributed by atoms with E-state index < -0.39 is 11.7 Å². The van der Waals surface area contributed by atoms with Gasteiger partial charge in [-0.2, -0.15) is 5.10 Å². The monoisotopic (exact) mass is 367 g/mol. The molecule has 0 spiro atoms. The average Bonchev–Trinajstić information content (AvgIpc) is 2.97. The number of anilines is 1. The Labute approximate surface area is 157 Å². The van der Waals surface area contributed by atoms with Crippen LogP contribution >= 0.6 is 0 Å². The molecule has 0 atom stereocenters. The van der Waals surface area contributed by atoms with Crippen LogP contribution in [0, 0.1) is 12.7 Å². The molecule has 1 heterocycles. The van der Waals surface area contributed by atoms with Gasteiger partial charge in [-0.05, 0) is 42.2 Å². The summed E-state index contributed by atoms with van der Waals surface area (Å²) in [5.74, 6) is -0.863. The van der Waals surface area contributed by atoms with Gasteiger partial charge in [-0.3, -0.25) is 4.79 Å². The van der Waals surface area contributed by atoms with E-state index in [4.69, 9.17) is 0 Å². The van der Waals surface area contributed by atoms with Gasteiger partial charge in [0.25, 0.3) is 5.91 Å². The third-order valence-electron chi connectivity index (χ3n) is 4.45. The first-order chi connectivity index (χ1) is 12.7. The quantitative estimate of drug-likeness (QED) is 0.666. The molecule has 0 aliphatic carbocycles. The van der Waals surface area contributed by atoms with E-state index in [1.807, 2.05) is 26.8 Å². The van der Waals surface area contributed by atoms with Gasteiger partial charge >= 0.3 is 0 Å². The van der Waals surface area contributed by atoms with Crippen LogP contribution in [0.1, 0.15) is 42.4 Å². The Kier molecular flexibility index (Phi) is 4.74. The maximum Gasteiger partial charge on any atom is 0.259 e. The van der Waals surface area contributed by atoms with Crippen LogP contribution in [0.5, 0.6) is 5.75 Å². The van der Waals surface area contributed by atoms with Crippen LogP contribution in [0.2, 0.25) is 0 Å². The van der Waals surface area contributed by atoms with Crippen molar-refractivity contribution in [3.8, 4) is 11.4 Å². The summed E-state index contributed by atoms with van der Waals surface area (Å²) in [6, 6.07) is 11.4. The molecule has 3 aromatic rings. The summed E-state index contributed by atoms with van der Waals surface area (Å²) in [7, 11) is 0. The van der Waals surface area contributed by atoms with Gasteiger partial charge in [0.05, 0.1) is 23.1 Å². The van der Waals surface area contributed by atoms with E-state index in [0.29, 0.717) is 16.9 Å². The number of carbonyl (C=O) groups excluding carboxylic acids is 1. The topological polar surface area (TPSA) is 67.2 Å². The summed E-state index contributed by atoms with van der Waals surface area (Å²) >= 11 is 0. The molecule has 6 heteroatoms. The van der Waals surface area contributed by atoms with E-state index in [2.05, 4.69) is 10.4 Å². The zero-order chi connectivity index (χ0) is 19.8. The summed E-state index contributed by atoms with van der Waals surface area (Å²) in [5, 5.41) is 17.0. The SMILES string of the molecule is Cc1c(C(=O)Nc2cc(C(C)(C)C)ccc2O)cnn1-c1ccccc1F. The van der Waals surface area contributed by atoms with Gasteiger partial charge in [-0.25, -0.2) is 9.07 Å². The lowest BCUT2D eigenvalue weighted by atomic mass is 9.87. The maximum atomic E-state index is 14.0. The highest BCUT2D eigenvalue weighted by molar-refractivity contribution is 6.05. The number of nitrogens with zero attached hydrogens (tertiary/aromatic N) is 2. The second kappa shape index (κ2) is 6.87. The number of rotatable bonds is 3. The number of phenolic OH excluding ortho intramolecular Hbond substituents is 1. The van der Waals surface area contributed by atoms with Crippen molar-refractivity contribution in [2.45, 2.75) is 33.1 Å². The van der Waals surface area contributed by atoms with Crippen molar-refractivity contribution in [1.29, 1.82) is 0 Å². The number of aromatic nitrogens is 2. The van der Waals surface area contributed by atoms with Crippen molar-refractivity contribution in [2.24, 2.45) is 0 Å². The predicted octanol–water partition coefficient (Wildman–Crippen LogP) is 4.58. The van der Waals surface area contributed by atoms with Crippen molar-refractivity contribution >= 4 is 11.6 Å². The molecule has 140 valence electrons. The lowest BCUT2D eigenvalue weighted by Crippen LogP contribution is -2.15. The Balaban J connectivity index is 1.92. The second-order valence-corrected chi connectivity index (χ2v) is 7.44. The molecule has 0 aliphatic rings. The summed E-state index contributed by atoms with van der Waals surface area (Å²) in [6.45, 7) is 7.84. The smallest absolute Gasteiger partial charge is 0.259 e. The van der Waals surface area contributed by atoms with Crippen molar-refractivity contribution in [2.75, 3.05) is 5.32 Å². The van der Waals surface area contributed by atoms with Crippen molar-refractivity contribution < 1.29 is 14.3 Å². The second-order valence-electron chi connectivity index (χ2n) is 7.44. The Morgan fingerprint density at radius 3 is 2.56 bits per heavy atom. The fraction of sp³-hybridized carbons (Fsp3) is 0.238. The summed E-state index contributed by atoms with van der Waals surface area (Å²) < 4.78 is 15.4. The van der Waals surface area contributed by atoms with Gasteiger partial charge in [-0.1, -0.05) is 39.0 Å². The lowest BCUT2D eigenvalue weighted by Gasteiger charge is -2.20. The number of hydrogen-bond donors (Lipinski definition) is 2. The predicted molar refractivity (Wildman–Crippen MR) is 103 cm³/mol. The molecule has 0 aliphatic heterocycles. The molecule has 3 rings (SSSR count). The van der Waals surface area contributed by atoms with E-state index in [9.17, 15) is 14.3 Å². The fourth-order valence-electron chi connectivity index (χ4n) is 2.79. The van der Waals surface area contributed by atoms with Crippen LogP contribution in [0.3, 0.4) is 0 Å². The Hall–Kier alpha value is -3.15. The number of amides is 1. The van der Waals surface area contributed by atoms with Crippen molar-refractivity contribution in [1.82, 2.24) is 9.78 Å². The van der Waals surface area contributed by atoms with Gasteiger partial charge in [0.1, 0.15) is 17.3 Å². The number of aromatic hydroxyl groups is 1. The van der Waals surface area contributed by atoms with Crippen molar-refractivity contribution in [3.05, 3.63) is 71.3 Å². The van der Waals surface area contributed by atoms with Crippen LogP contribution in [0.15, 0.2) is 48.7 Å². The molecule has 1 amide bonds. The molecule has 0 saturated heterocycles. The minimum Gasteiger partial charge on any atom is -0.506 e. The Bertz CT molecular complexity index is 1000. The van der Waals surface area contributed by atoms with E-state index in [1.165, 1.54) is 16.9 Å². The molecule has 0 unspecified atom stereocenters. The number of carbonyl (C=O) groups is 1. The number of phenols is 1. The number of benzene rings is 2. The highest BCUT2D eigenvalue weighted by Crippen LogP contribution is 2.31. The summed E-state index contributed by atoms with van der Waals surface area (Å²) in [4.78, 5) is 12.7. The molecule has 2 N–H and O–H groups in total. The third kappa shape index (κ3) is 3.69. The molecular formula is C21H22FN3O2. The van der Waals surface area contributed by atoms with Crippen LogP contribution in [0.25, 0.3) is 5.69 Å². The van der Waals surface area contributed by atoms with Gasteiger partial charge < -0.3 is 10.4 Å². The molecule has 0 saturated carbocycles. The van der Waals surface area contributed by atoms with E-state index in [-0.39, 0.29) is 16.9 Å². The first-order valence-electron chi connectivity index (χ1n) is 8.63. The maximum absolute atomic E-state index is 14.0. The van der Waals surface area contributed by atoms with E-state index in [0.717, 1.165) is 5.56 Å². The number of nitrogens with one attached hydrogen (secondary N) is 1. The van der Waals surface area contributed by atoms with Crippen LogP contribution in [-0.2, 0) is 5.41 Å². The molecule has 0 fully saturated rings. The molecule has 1 aromatic heterocycles. The third-order valence-corrected chi connectivity index (χ3v) is 4.45. The largest absolute Gasteiger partial charge is 0.506 e. The highest BCUT2D eigenvalue weighted by Gasteiger charge is 2.20. The van der Waals surface area contributed by atoms with Gasteiger partial charge in [0.2, 0.25) is 0 Å². The Morgan fingerprint density at radius 1 is 1.19 bits per heavy atom. The van der Waals surface area contributed by atoms with Gasteiger partial charge in [0.15, 0.2) is 0 Å². The van der Waals surface area contributed by atoms with Crippen LogP contribution < -0.4 is 5.32 Å². The lowest BCUT2D eigenvalue weighted by molar-refractivity contribution is 0.102. The first-order valence-corrected chi connectivity index (χ1v) is 8.63. The average molecular weight is 367 g/mol. The van der Waals surface area contributed by atoms with E-state index >= 15 is 0 Å². The first kappa shape index (κ1) is 18.6. The minimum absolute atomic E-state index is 0.0181. The fourth-order valence-corrected chi connectivity index (χ4v) is 2.79. The standard InChI is InChI=1S/C21H22FN3O2/c1-13-15(12-23-25(13)18-8-6-5-7-16(18)22)20(27)24-17-11-14(21(2,3)4)9-10-19(17)26/h5-12,26H,1-4H3,(H,24,27). The number of para-hydroxylation sites is 1. The normalized spacial score (nSPS) is 11.4. The molecule has 0 radical (unpaired) electrons. The summed E-state index contributed by atoms with van der Waals surface area (Å²) in [5.41, 5.74) is 2.26. The molecular weight excluding hydrogens is 345 g/mol. The highest BCUT2D eigenvalue weighted by atomic mass is 19.1. The molecule has 2 aromatic carbocycles. The zero-order valence-corrected chi connectivity index (χ0v) is 15.7.